The highest BCUT2D eigenvalue weighted by molar-refractivity contribution is 9.10. The van der Waals surface area contributed by atoms with Crippen molar-refractivity contribution in [1.29, 1.82) is 0 Å². The summed E-state index contributed by atoms with van der Waals surface area (Å²) in [5, 5.41) is 12.4. The number of thiazole rings is 1. The number of halogens is 1. The van der Waals surface area contributed by atoms with Gasteiger partial charge in [0.1, 0.15) is 22.8 Å². The second-order valence-electron chi connectivity index (χ2n) is 17.8. The Morgan fingerprint density at radius 1 is 0.739 bits per heavy atom. The number of carbonyl (C=O) groups excluding carboxylic acids is 1. The monoisotopic (exact) mass is 1000 g/mol. The molecule has 0 radical (unpaired) electrons. The van der Waals surface area contributed by atoms with E-state index in [0.717, 1.165) is 90.9 Å². The van der Waals surface area contributed by atoms with Crippen molar-refractivity contribution >= 4 is 76.3 Å². The molecule has 8 aromatic rings. The largest absolute Gasteiger partial charge is 0.494 e. The number of aromatic nitrogens is 1. The highest BCUT2D eigenvalue weighted by Gasteiger charge is 2.49. The van der Waals surface area contributed by atoms with Crippen LogP contribution in [0.25, 0.3) is 54.0 Å². The van der Waals surface area contributed by atoms with Crippen LogP contribution in [0.3, 0.4) is 0 Å². The van der Waals surface area contributed by atoms with Crippen LogP contribution in [0, 0.1) is 0 Å². The van der Waals surface area contributed by atoms with E-state index in [4.69, 9.17) is 33.8 Å². The minimum Gasteiger partial charge on any atom is -0.494 e. The molecule has 0 amide bonds. The number of ether oxygens (including phenoxy) is 5. The van der Waals surface area contributed by atoms with E-state index in [1.807, 2.05) is 51.3 Å². The fraction of sp³-hybridized carbons (Fsp3) is 0.293. The van der Waals surface area contributed by atoms with Gasteiger partial charge < -0.3 is 23.7 Å². The summed E-state index contributed by atoms with van der Waals surface area (Å²) >= 11 is 5.52. The van der Waals surface area contributed by atoms with Crippen molar-refractivity contribution in [1.82, 2.24) is 4.98 Å². The van der Waals surface area contributed by atoms with Gasteiger partial charge in [-0.3, -0.25) is 0 Å². The average Bonchev–Trinajstić information content (AvgIpc) is 3.75. The van der Waals surface area contributed by atoms with E-state index in [1.54, 1.807) is 35.6 Å². The highest BCUT2D eigenvalue weighted by atomic mass is 79.9. The van der Waals surface area contributed by atoms with Gasteiger partial charge >= 0.3 is 5.97 Å². The number of anilines is 1. The molecule has 9 rings (SSSR count). The number of hydrazone groups is 1. The van der Waals surface area contributed by atoms with Crippen molar-refractivity contribution < 1.29 is 28.5 Å². The third-order valence-electron chi connectivity index (χ3n) is 12.4. The van der Waals surface area contributed by atoms with Gasteiger partial charge in [-0.05, 0) is 131 Å². The fourth-order valence-electron chi connectivity index (χ4n) is 8.49. The number of benzene rings is 7. The third-order valence-corrected chi connectivity index (χ3v) is 14.3. The number of nitrogens with zero attached hydrogens (tertiary/aromatic N) is 3. The van der Waals surface area contributed by atoms with Gasteiger partial charge in [-0.15, -0.1) is 0 Å². The highest BCUT2D eigenvalue weighted by Crippen LogP contribution is 2.40. The first-order valence-electron chi connectivity index (χ1n) is 24.1. The molecule has 2 heterocycles. The van der Waals surface area contributed by atoms with E-state index in [0.29, 0.717) is 41.4 Å². The number of unbranched alkanes of at least 4 members (excludes halogenated alkanes) is 5. The van der Waals surface area contributed by atoms with Crippen LogP contribution in [-0.2, 0) is 9.47 Å². The summed E-state index contributed by atoms with van der Waals surface area (Å²) < 4.78 is 30.6. The Bertz CT molecular complexity index is 3060. The summed E-state index contributed by atoms with van der Waals surface area (Å²) in [4.78, 5) is 18.8. The van der Waals surface area contributed by atoms with Crippen LogP contribution in [0.15, 0.2) is 143 Å². The number of carbonyl (C=O) groups is 1. The molecule has 1 saturated heterocycles. The van der Waals surface area contributed by atoms with Crippen LogP contribution in [0.4, 0.5) is 5.13 Å². The SMILES string of the molecule is CCCCCCCCN(/N=C/c1c(-c2ccc(-c3ccc(OCC)cc3)cc2)ccc2c(Br)c(OC(=O)c3ccc(OCCCOC4OC4(C)C)cc3)ccc12)c1nc2c(ccc3ccccc32)s1. The Kier molecular flexibility index (Phi) is 15.4. The Labute approximate surface area is 417 Å². The zero-order valence-electron chi connectivity index (χ0n) is 39.7. The lowest BCUT2D eigenvalue weighted by molar-refractivity contribution is 0.0433. The topological polar surface area (TPSA) is 95.0 Å². The molecule has 69 heavy (non-hydrogen) atoms. The lowest BCUT2D eigenvalue weighted by Crippen LogP contribution is -2.18. The molecule has 9 nitrogen and oxygen atoms in total. The van der Waals surface area contributed by atoms with Gasteiger partial charge in [0.25, 0.3) is 0 Å². The van der Waals surface area contributed by atoms with E-state index in [9.17, 15) is 4.79 Å². The summed E-state index contributed by atoms with van der Waals surface area (Å²) in [5.74, 6) is 1.47. The van der Waals surface area contributed by atoms with Gasteiger partial charge in [0, 0.05) is 29.3 Å². The Morgan fingerprint density at radius 3 is 2.17 bits per heavy atom. The molecule has 0 N–H and O–H groups in total. The molecule has 11 heteroatoms. The van der Waals surface area contributed by atoms with Crippen LogP contribution < -0.4 is 19.2 Å². The summed E-state index contributed by atoms with van der Waals surface area (Å²) in [7, 11) is 0. The lowest BCUT2D eigenvalue weighted by atomic mass is 9.93. The van der Waals surface area contributed by atoms with Gasteiger partial charge in [0.15, 0.2) is 6.29 Å². The zero-order valence-corrected chi connectivity index (χ0v) is 42.1. The second-order valence-corrected chi connectivity index (χ2v) is 19.6. The molecule has 1 aliphatic rings. The molecule has 7 aromatic carbocycles. The first kappa shape index (κ1) is 47.9. The summed E-state index contributed by atoms with van der Waals surface area (Å²) in [6, 6.07) is 44.7. The number of esters is 1. The number of rotatable bonds is 22. The molecule has 0 saturated carbocycles. The molecule has 1 atom stereocenters. The molecule has 1 aromatic heterocycles. The lowest BCUT2D eigenvalue weighted by Gasteiger charge is -2.18. The molecule has 0 aliphatic carbocycles. The fourth-order valence-corrected chi connectivity index (χ4v) is 10.0. The maximum Gasteiger partial charge on any atom is 0.343 e. The first-order valence-corrected chi connectivity index (χ1v) is 25.7. The van der Waals surface area contributed by atoms with Crippen LogP contribution >= 0.6 is 27.3 Å². The van der Waals surface area contributed by atoms with Crippen molar-refractivity contribution in [3.63, 3.8) is 0 Å². The predicted octanol–water partition coefficient (Wildman–Crippen LogP) is 15.4. The number of hydrogen-bond acceptors (Lipinski definition) is 10. The molecule has 1 aliphatic heterocycles. The molecule has 1 fully saturated rings. The number of hydrogen-bond donors (Lipinski definition) is 0. The smallest absolute Gasteiger partial charge is 0.343 e. The van der Waals surface area contributed by atoms with Gasteiger partial charge in [0.05, 0.1) is 46.3 Å². The van der Waals surface area contributed by atoms with Crippen LogP contribution in [0.2, 0.25) is 0 Å². The van der Waals surface area contributed by atoms with Crippen LogP contribution in [0.5, 0.6) is 17.2 Å². The summed E-state index contributed by atoms with van der Waals surface area (Å²) in [6.07, 6.45) is 9.58. The number of fused-ring (bicyclic) bond motifs is 4. The normalized spacial score (nSPS) is 14.2. The summed E-state index contributed by atoms with van der Waals surface area (Å²) in [6.45, 7) is 10.7. The van der Waals surface area contributed by atoms with Crippen LogP contribution in [0.1, 0.15) is 88.6 Å². The van der Waals surface area contributed by atoms with Crippen LogP contribution in [-0.4, -0.2) is 55.4 Å². The third kappa shape index (κ3) is 11.5. The zero-order chi connectivity index (χ0) is 47.7. The van der Waals surface area contributed by atoms with E-state index in [1.165, 1.54) is 31.1 Å². The second kappa shape index (κ2) is 22.1. The van der Waals surface area contributed by atoms with Crippen molar-refractivity contribution in [3.05, 3.63) is 149 Å². The van der Waals surface area contributed by atoms with E-state index in [2.05, 4.69) is 113 Å². The van der Waals surface area contributed by atoms with Gasteiger partial charge in [0.2, 0.25) is 5.13 Å². The van der Waals surface area contributed by atoms with Crippen molar-refractivity contribution in [3.8, 4) is 39.5 Å². The molecule has 0 bridgehead atoms. The molecule has 1 unspecified atom stereocenters. The maximum absolute atomic E-state index is 13.6. The predicted molar refractivity (Wildman–Crippen MR) is 286 cm³/mol. The minimum absolute atomic E-state index is 0.146. The van der Waals surface area contributed by atoms with Gasteiger partial charge in [-0.2, -0.15) is 5.10 Å². The van der Waals surface area contributed by atoms with E-state index >= 15 is 0 Å². The minimum atomic E-state index is -0.470. The van der Waals surface area contributed by atoms with E-state index < -0.39 is 5.97 Å². The Balaban J connectivity index is 1.01. The molecule has 354 valence electrons. The first-order chi connectivity index (χ1) is 33.7. The molecular weight excluding hydrogens is 947 g/mol. The van der Waals surface area contributed by atoms with Gasteiger partial charge in [-0.25, -0.2) is 14.8 Å². The quantitative estimate of drug-likeness (QED) is 0.0165. The van der Waals surface area contributed by atoms with Crippen molar-refractivity contribution in [2.24, 2.45) is 5.10 Å². The van der Waals surface area contributed by atoms with Gasteiger partial charge in [-0.1, -0.05) is 129 Å². The van der Waals surface area contributed by atoms with Crippen molar-refractivity contribution in [2.45, 2.75) is 84.5 Å². The molecule has 0 spiro atoms. The van der Waals surface area contributed by atoms with E-state index in [-0.39, 0.29) is 11.9 Å². The van der Waals surface area contributed by atoms with Crippen molar-refractivity contribution in [2.75, 3.05) is 31.4 Å². The Morgan fingerprint density at radius 2 is 1.42 bits per heavy atom. The average molecular weight is 1010 g/mol. The maximum atomic E-state index is 13.6. The number of epoxide rings is 1. The summed E-state index contributed by atoms with van der Waals surface area (Å²) in [5.41, 5.74) is 6.43. The Hall–Kier alpha value is -6.11. The standard InChI is InChI=1S/C58H58BrN3O6S/c1-5-7-8-9-10-13-35-62(57-61-54-47-16-12-11-15-41(47)25-34-52(54)69-57)60-38-50-46(42-19-17-39(18-20-42)40-21-26-44(27-22-40)64-6-2)30-31-49-48(50)32-33-51(53(49)59)67-55(63)43-23-28-45(29-24-43)65-36-14-37-66-56-58(3,4)68-56/h11-12,15-34,38,56H,5-10,13-14,35-37H2,1-4H3/b60-38+. The molecular formula is C58H58BrN3O6S.